The first-order valence-corrected chi connectivity index (χ1v) is 6.47. The molecule has 2 aromatic rings. The van der Waals surface area contributed by atoms with Gasteiger partial charge in [0.05, 0.1) is 0 Å². The van der Waals surface area contributed by atoms with Gasteiger partial charge in [0.2, 0.25) is 0 Å². The van der Waals surface area contributed by atoms with E-state index in [9.17, 15) is 13.2 Å². The van der Waals surface area contributed by atoms with Gasteiger partial charge in [0.15, 0.2) is 0 Å². The van der Waals surface area contributed by atoms with Crippen LogP contribution in [0.1, 0.15) is 11.1 Å². The topological polar surface area (TPSA) is 34.1 Å². The molecule has 3 nitrogen and oxygen atoms in total. The summed E-state index contributed by atoms with van der Waals surface area (Å²) in [5.41, 5.74) is 1.90. The molecule has 2 rings (SSSR count). The van der Waals surface area contributed by atoms with Gasteiger partial charge in [-0.15, -0.1) is 13.2 Å². The van der Waals surface area contributed by atoms with Crippen LogP contribution in [-0.4, -0.2) is 17.9 Å². The Morgan fingerprint density at radius 3 is 2.52 bits per heavy atom. The summed E-state index contributed by atoms with van der Waals surface area (Å²) >= 11 is 0. The second-order valence-electron chi connectivity index (χ2n) is 4.48. The third kappa shape index (κ3) is 5.83. The van der Waals surface area contributed by atoms with Crippen LogP contribution in [0.3, 0.4) is 0 Å². The Morgan fingerprint density at radius 1 is 1.05 bits per heavy atom. The summed E-state index contributed by atoms with van der Waals surface area (Å²) < 4.78 is 40.3. The van der Waals surface area contributed by atoms with E-state index >= 15 is 0 Å². The third-order valence-electron chi connectivity index (χ3n) is 2.80. The van der Waals surface area contributed by atoms with E-state index in [0.717, 1.165) is 24.1 Å². The zero-order chi connectivity index (χ0) is 15.1. The van der Waals surface area contributed by atoms with Crippen LogP contribution in [0.4, 0.5) is 13.2 Å². The molecule has 0 saturated carbocycles. The van der Waals surface area contributed by atoms with E-state index in [0.29, 0.717) is 6.54 Å². The van der Waals surface area contributed by atoms with Crippen LogP contribution < -0.4 is 10.1 Å². The lowest BCUT2D eigenvalue weighted by Gasteiger charge is -2.10. The fourth-order valence-corrected chi connectivity index (χ4v) is 1.87. The van der Waals surface area contributed by atoms with E-state index in [-0.39, 0.29) is 5.75 Å². The average molecular weight is 296 g/mol. The van der Waals surface area contributed by atoms with E-state index in [1.165, 1.54) is 12.1 Å². The van der Waals surface area contributed by atoms with Crippen LogP contribution in [0.2, 0.25) is 0 Å². The summed E-state index contributed by atoms with van der Waals surface area (Å²) in [7, 11) is 0. The largest absolute Gasteiger partial charge is 0.573 e. The monoisotopic (exact) mass is 296 g/mol. The minimum Gasteiger partial charge on any atom is -0.406 e. The number of rotatable bonds is 6. The summed E-state index contributed by atoms with van der Waals surface area (Å²) in [6.07, 6.45) is -0.366. The molecule has 0 spiro atoms. The zero-order valence-corrected chi connectivity index (χ0v) is 11.2. The predicted octanol–water partition coefficient (Wildman–Crippen LogP) is 3.31. The summed E-state index contributed by atoms with van der Waals surface area (Å²) in [4.78, 5) is 3.93. The van der Waals surface area contributed by atoms with Crippen LogP contribution in [0.25, 0.3) is 0 Å². The molecule has 0 amide bonds. The fraction of sp³-hybridized carbons (Fsp3) is 0.267. The summed E-state index contributed by atoms with van der Waals surface area (Å²) in [5.74, 6) is -0.198. The maximum Gasteiger partial charge on any atom is 0.573 e. The standard InChI is InChI=1S/C15H15F3N2O/c16-15(17,18)21-14-3-1-2-13(10-14)11-20-9-6-12-4-7-19-8-5-12/h1-5,7-8,10,20H,6,9,11H2. The lowest BCUT2D eigenvalue weighted by atomic mass is 10.2. The smallest absolute Gasteiger partial charge is 0.406 e. The van der Waals surface area contributed by atoms with E-state index < -0.39 is 6.36 Å². The van der Waals surface area contributed by atoms with Crippen molar-refractivity contribution in [1.82, 2.24) is 10.3 Å². The van der Waals surface area contributed by atoms with E-state index in [1.807, 2.05) is 12.1 Å². The molecule has 1 aromatic heterocycles. The second kappa shape index (κ2) is 7.08. The summed E-state index contributed by atoms with van der Waals surface area (Å²) in [5, 5.41) is 3.18. The van der Waals surface area contributed by atoms with E-state index in [2.05, 4.69) is 15.0 Å². The number of nitrogens with zero attached hydrogens (tertiary/aromatic N) is 1. The lowest BCUT2D eigenvalue weighted by molar-refractivity contribution is -0.274. The number of ether oxygens (including phenoxy) is 1. The molecular weight excluding hydrogens is 281 g/mol. The van der Waals surface area contributed by atoms with Gasteiger partial charge >= 0.3 is 6.36 Å². The minimum absolute atomic E-state index is 0.198. The van der Waals surface area contributed by atoms with Gasteiger partial charge in [-0.2, -0.15) is 0 Å². The Morgan fingerprint density at radius 2 is 1.81 bits per heavy atom. The van der Waals surface area contributed by atoms with Crippen LogP contribution in [0.15, 0.2) is 48.8 Å². The molecule has 0 atom stereocenters. The number of hydrogen-bond acceptors (Lipinski definition) is 3. The first-order valence-electron chi connectivity index (χ1n) is 6.47. The first kappa shape index (κ1) is 15.3. The molecule has 0 aliphatic rings. The Kier molecular flexibility index (Phi) is 5.16. The van der Waals surface area contributed by atoms with Crippen molar-refractivity contribution in [2.24, 2.45) is 0 Å². The van der Waals surface area contributed by atoms with Crippen molar-refractivity contribution in [1.29, 1.82) is 0 Å². The Balaban J connectivity index is 1.79. The number of hydrogen-bond donors (Lipinski definition) is 1. The Labute approximate surface area is 120 Å². The minimum atomic E-state index is -4.66. The number of aromatic nitrogens is 1. The lowest BCUT2D eigenvalue weighted by Crippen LogP contribution is -2.18. The highest BCUT2D eigenvalue weighted by Crippen LogP contribution is 2.23. The highest BCUT2D eigenvalue weighted by Gasteiger charge is 2.31. The SMILES string of the molecule is FC(F)(F)Oc1cccc(CNCCc2ccncc2)c1. The van der Waals surface area contributed by atoms with Crippen LogP contribution >= 0.6 is 0 Å². The quantitative estimate of drug-likeness (QED) is 0.830. The van der Waals surface area contributed by atoms with Crippen molar-refractivity contribution in [2.75, 3.05) is 6.54 Å². The molecule has 0 aliphatic carbocycles. The highest BCUT2D eigenvalue weighted by atomic mass is 19.4. The maximum atomic E-state index is 12.1. The second-order valence-corrected chi connectivity index (χ2v) is 4.48. The molecule has 0 aliphatic heterocycles. The highest BCUT2D eigenvalue weighted by molar-refractivity contribution is 5.28. The van der Waals surface area contributed by atoms with Crippen LogP contribution in [0.5, 0.6) is 5.75 Å². The average Bonchev–Trinajstić information content (AvgIpc) is 2.43. The fourth-order valence-electron chi connectivity index (χ4n) is 1.87. The molecule has 0 fully saturated rings. The van der Waals surface area contributed by atoms with Gasteiger partial charge in [-0.05, 0) is 48.4 Å². The first-order chi connectivity index (χ1) is 10.0. The van der Waals surface area contributed by atoms with Crippen LogP contribution in [0, 0.1) is 0 Å². The molecule has 0 saturated heterocycles. The molecular formula is C15H15F3N2O. The summed E-state index contributed by atoms with van der Waals surface area (Å²) in [6, 6.07) is 9.82. The van der Waals surface area contributed by atoms with Gasteiger partial charge in [-0.1, -0.05) is 12.1 Å². The molecule has 0 radical (unpaired) electrons. The van der Waals surface area contributed by atoms with Crippen molar-refractivity contribution in [2.45, 2.75) is 19.3 Å². The predicted molar refractivity (Wildman–Crippen MR) is 72.8 cm³/mol. The third-order valence-corrected chi connectivity index (χ3v) is 2.80. The number of halogens is 3. The number of pyridine rings is 1. The number of alkyl halides is 3. The van der Waals surface area contributed by atoms with Crippen molar-refractivity contribution in [3.8, 4) is 5.75 Å². The van der Waals surface area contributed by atoms with Gasteiger partial charge in [0, 0.05) is 18.9 Å². The zero-order valence-electron chi connectivity index (χ0n) is 11.2. The molecule has 6 heteroatoms. The number of nitrogens with one attached hydrogen (secondary N) is 1. The Hall–Kier alpha value is -2.08. The molecule has 0 bridgehead atoms. The van der Waals surface area contributed by atoms with Crippen molar-refractivity contribution in [3.63, 3.8) is 0 Å². The molecule has 1 aromatic carbocycles. The van der Waals surface area contributed by atoms with E-state index in [1.54, 1.807) is 24.5 Å². The van der Waals surface area contributed by atoms with Crippen molar-refractivity contribution < 1.29 is 17.9 Å². The van der Waals surface area contributed by atoms with Gasteiger partial charge in [0.1, 0.15) is 5.75 Å². The molecule has 1 N–H and O–H groups in total. The molecule has 0 unspecified atom stereocenters. The van der Waals surface area contributed by atoms with Crippen LogP contribution in [-0.2, 0) is 13.0 Å². The maximum absolute atomic E-state index is 12.1. The summed E-state index contributed by atoms with van der Waals surface area (Å²) in [6.45, 7) is 1.22. The van der Waals surface area contributed by atoms with E-state index in [4.69, 9.17) is 0 Å². The number of benzene rings is 1. The van der Waals surface area contributed by atoms with Crippen molar-refractivity contribution in [3.05, 3.63) is 59.9 Å². The molecule has 112 valence electrons. The van der Waals surface area contributed by atoms with Crippen molar-refractivity contribution >= 4 is 0 Å². The van der Waals surface area contributed by atoms with Gasteiger partial charge in [-0.25, -0.2) is 0 Å². The Bertz CT molecular complexity index is 558. The van der Waals surface area contributed by atoms with Gasteiger partial charge < -0.3 is 10.1 Å². The normalized spacial score (nSPS) is 11.4. The van der Waals surface area contributed by atoms with Gasteiger partial charge in [-0.3, -0.25) is 4.98 Å². The molecule has 1 heterocycles. The molecule has 21 heavy (non-hydrogen) atoms. The van der Waals surface area contributed by atoms with Gasteiger partial charge in [0.25, 0.3) is 0 Å².